The number of unbranched alkanes of at least 4 members (excludes halogenated alkanes) is 2. The van der Waals surface area contributed by atoms with Gasteiger partial charge in [-0.05, 0) is 86.6 Å². The number of hydrogen-bond acceptors (Lipinski definition) is 4. The van der Waals surface area contributed by atoms with Crippen molar-refractivity contribution in [1.82, 2.24) is 4.90 Å². The average molecular weight is 370 g/mol. The van der Waals surface area contributed by atoms with Crippen molar-refractivity contribution in [3.8, 4) is 0 Å². The van der Waals surface area contributed by atoms with E-state index in [4.69, 9.17) is 14.2 Å². The van der Waals surface area contributed by atoms with Crippen molar-refractivity contribution in [2.75, 3.05) is 39.5 Å². The number of rotatable bonds is 11. The fraction of sp³-hybridized carbons (Fsp3) is 1.00. The standard InChI is InChI=1S/C22H43NO3/c1-20(2,3)25-14-10-9-13-24-12-8-7-11-23-17-22(18-23)15-19(16-22)26-21(4,5)6/h19H,7-18H2,1-6H3. The van der Waals surface area contributed by atoms with E-state index in [9.17, 15) is 0 Å². The van der Waals surface area contributed by atoms with Crippen LogP contribution in [0.25, 0.3) is 0 Å². The molecule has 4 heteroatoms. The zero-order valence-electron chi connectivity index (χ0n) is 18.2. The first-order chi connectivity index (χ1) is 12.1. The van der Waals surface area contributed by atoms with Crippen LogP contribution in [0.4, 0.5) is 0 Å². The van der Waals surface area contributed by atoms with Crippen LogP contribution in [0.3, 0.4) is 0 Å². The van der Waals surface area contributed by atoms with Crippen molar-refractivity contribution in [1.29, 1.82) is 0 Å². The second kappa shape index (κ2) is 9.36. The van der Waals surface area contributed by atoms with Gasteiger partial charge in [0.1, 0.15) is 0 Å². The van der Waals surface area contributed by atoms with E-state index in [1.165, 1.54) is 45.3 Å². The first-order valence-electron chi connectivity index (χ1n) is 10.7. The van der Waals surface area contributed by atoms with Gasteiger partial charge in [-0.25, -0.2) is 0 Å². The summed E-state index contributed by atoms with van der Waals surface area (Å²) in [5.74, 6) is 0. The van der Waals surface area contributed by atoms with Crippen molar-refractivity contribution >= 4 is 0 Å². The summed E-state index contributed by atoms with van der Waals surface area (Å²) in [5, 5.41) is 0. The molecule has 1 heterocycles. The molecule has 1 saturated heterocycles. The van der Waals surface area contributed by atoms with Crippen LogP contribution >= 0.6 is 0 Å². The van der Waals surface area contributed by atoms with Gasteiger partial charge in [-0.3, -0.25) is 0 Å². The number of ether oxygens (including phenoxy) is 3. The molecule has 0 aromatic heterocycles. The Morgan fingerprint density at radius 3 is 1.96 bits per heavy atom. The molecule has 1 saturated carbocycles. The lowest BCUT2D eigenvalue weighted by Gasteiger charge is -2.59. The highest BCUT2D eigenvalue weighted by Gasteiger charge is 2.52. The van der Waals surface area contributed by atoms with E-state index in [1.807, 2.05) is 0 Å². The summed E-state index contributed by atoms with van der Waals surface area (Å²) in [4.78, 5) is 2.61. The van der Waals surface area contributed by atoms with Crippen molar-refractivity contribution in [3.63, 3.8) is 0 Å². The summed E-state index contributed by atoms with van der Waals surface area (Å²) in [6, 6.07) is 0. The fourth-order valence-corrected chi connectivity index (χ4v) is 4.13. The van der Waals surface area contributed by atoms with Crippen molar-refractivity contribution in [2.45, 2.75) is 97.4 Å². The third-order valence-electron chi connectivity index (χ3n) is 5.19. The highest BCUT2D eigenvalue weighted by molar-refractivity contribution is 5.05. The molecule has 26 heavy (non-hydrogen) atoms. The smallest absolute Gasteiger partial charge is 0.0602 e. The van der Waals surface area contributed by atoms with Gasteiger partial charge in [0.15, 0.2) is 0 Å². The van der Waals surface area contributed by atoms with Crippen molar-refractivity contribution in [3.05, 3.63) is 0 Å². The largest absolute Gasteiger partial charge is 0.381 e. The van der Waals surface area contributed by atoms with Gasteiger partial charge in [-0.2, -0.15) is 0 Å². The second-order valence-corrected chi connectivity index (χ2v) is 10.5. The molecule has 0 N–H and O–H groups in total. The van der Waals surface area contributed by atoms with E-state index in [-0.39, 0.29) is 11.2 Å². The third-order valence-corrected chi connectivity index (χ3v) is 5.19. The molecule has 2 rings (SSSR count). The summed E-state index contributed by atoms with van der Waals surface area (Å²) < 4.78 is 17.5. The van der Waals surface area contributed by atoms with Gasteiger partial charge in [0.25, 0.3) is 0 Å². The molecular weight excluding hydrogens is 326 g/mol. The average Bonchev–Trinajstić information content (AvgIpc) is 2.41. The zero-order chi connectivity index (χ0) is 19.3. The molecule has 0 aromatic carbocycles. The topological polar surface area (TPSA) is 30.9 Å². The van der Waals surface area contributed by atoms with E-state index < -0.39 is 0 Å². The van der Waals surface area contributed by atoms with Crippen LogP contribution < -0.4 is 0 Å². The van der Waals surface area contributed by atoms with Crippen molar-refractivity contribution < 1.29 is 14.2 Å². The number of nitrogens with zero attached hydrogens (tertiary/aromatic N) is 1. The van der Waals surface area contributed by atoms with Gasteiger partial charge >= 0.3 is 0 Å². The van der Waals surface area contributed by atoms with Crippen LogP contribution in [-0.4, -0.2) is 61.7 Å². The molecule has 0 atom stereocenters. The molecule has 0 unspecified atom stereocenters. The molecule has 0 amide bonds. The lowest BCUT2D eigenvalue weighted by atomic mass is 9.61. The van der Waals surface area contributed by atoms with E-state index in [1.54, 1.807) is 0 Å². The molecule has 0 aromatic rings. The Bertz CT molecular complexity index is 397. The molecular formula is C22H43NO3. The van der Waals surface area contributed by atoms with E-state index in [0.717, 1.165) is 32.7 Å². The lowest BCUT2D eigenvalue weighted by Crippen LogP contribution is -2.64. The molecule has 2 aliphatic rings. The predicted molar refractivity (Wildman–Crippen MR) is 108 cm³/mol. The van der Waals surface area contributed by atoms with Gasteiger partial charge < -0.3 is 19.1 Å². The van der Waals surface area contributed by atoms with Gasteiger partial charge in [0.05, 0.1) is 17.3 Å². The Hall–Kier alpha value is -0.160. The highest BCUT2D eigenvalue weighted by Crippen LogP contribution is 2.50. The molecule has 0 radical (unpaired) electrons. The maximum atomic E-state index is 6.07. The van der Waals surface area contributed by atoms with E-state index in [0.29, 0.717) is 11.5 Å². The Balaban J connectivity index is 1.35. The molecule has 4 nitrogen and oxygen atoms in total. The minimum absolute atomic E-state index is 0.00925. The first-order valence-corrected chi connectivity index (χ1v) is 10.7. The Morgan fingerprint density at radius 2 is 1.38 bits per heavy atom. The quantitative estimate of drug-likeness (QED) is 0.496. The van der Waals surface area contributed by atoms with Gasteiger partial charge in [-0.15, -0.1) is 0 Å². The van der Waals surface area contributed by atoms with Gasteiger partial charge in [0.2, 0.25) is 0 Å². The normalized spacial score (nSPS) is 21.0. The summed E-state index contributed by atoms with van der Waals surface area (Å²) in [6.07, 6.45) is 7.66. The van der Waals surface area contributed by atoms with E-state index >= 15 is 0 Å². The minimum atomic E-state index is -0.0176. The Kier molecular flexibility index (Phi) is 7.97. The lowest BCUT2D eigenvalue weighted by molar-refractivity contribution is -0.186. The summed E-state index contributed by atoms with van der Waals surface area (Å²) in [6.45, 7) is 19.2. The van der Waals surface area contributed by atoms with Crippen LogP contribution in [0.5, 0.6) is 0 Å². The third kappa shape index (κ3) is 8.24. The minimum Gasteiger partial charge on any atom is -0.381 e. The van der Waals surface area contributed by atoms with Crippen LogP contribution in [-0.2, 0) is 14.2 Å². The summed E-state index contributed by atoms with van der Waals surface area (Å²) in [5.41, 5.74) is 0.590. The summed E-state index contributed by atoms with van der Waals surface area (Å²) in [7, 11) is 0. The molecule has 2 fully saturated rings. The highest BCUT2D eigenvalue weighted by atomic mass is 16.5. The van der Waals surface area contributed by atoms with Gasteiger partial charge in [0, 0.05) is 38.3 Å². The monoisotopic (exact) mass is 369 g/mol. The fourth-order valence-electron chi connectivity index (χ4n) is 4.13. The molecule has 154 valence electrons. The van der Waals surface area contributed by atoms with Gasteiger partial charge in [-0.1, -0.05) is 0 Å². The molecule has 0 bridgehead atoms. The molecule has 1 spiro atoms. The van der Waals surface area contributed by atoms with Crippen molar-refractivity contribution in [2.24, 2.45) is 5.41 Å². The zero-order valence-corrected chi connectivity index (χ0v) is 18.2. The maximum absolute atomic E-state index is 6.07. The van der Waals surface area contributed by atoms with Crippen LogP contribution in [0.15, 0.2) is 0 Å². The number of hydrogen-bond donors (Lipinski definition) is 0. The SMILES string of the molecule is CC(C)(C)OCCCCOCCCCN1CC2(CC(OC(C)(C)C)C2)C1. The summed E-state index contributed by atoms with van der Waals surface area (Å²) >= 11 is 0. The Labute approximate surface area is 161 Å². The first kappa shape index (κ1) is 22.1. The predicted octanol–water partition coefficient (Wildman–Crippen LogP) is 4.66. The molecule has 1 aliphatic carbocycles. The Morgan fingerprint density at radius 1 is 0.808 bits per heavy atom. The van der Waals surface area contributed by atoms with Crippen LogP contribution in [0.1, 0.15) is 80.1 Å². The number of likely N-dealkylation sites (tertiary alicyclic amines) is 1. The maximum Gasteiger partial charge on any atom is 0.0602 e. The van der Waals surface area contributed by atoms with Crippen LogP contribution in [0, 0.1) is 5.41 Å². The van der Waals surface area contributed by atoms with Crippen LogP contribution in [0.2, 0.25) is 0 Å². The molecule has 1 aliphatic heterocycles. The van der Waals surface area contributed by atoms with E-state index in [2.05, 4.69) is 46.4 Å². The second-order valence-electron chi connectivity index (χ2n) is 10.5.